The molecule has 0 saturated carbocycles. The van der Waals surface area contributed by atoms with Crippen molar-refractivity contribution >= 4 is 11.7 Å². The first kappa shape index (κ1) is 40.6. The minimum atomic E-state index is -0.890. The Morgan fingerprint density at radius 3 is 2.40 bits per heavy atom. The van der Waals surface area contributed by atoms with Gasteiger partial charge in [-0.2, -0.15) is 0 Å². The topological polar surface area (TPSA) is 159 Å². The quantitative estimate of drug-likeness (QED) is 0.362. The number of hydrogen-bond donors (Lipinski definition) is 2. The summed E-state index contributed by atoms with van der Waals surface area (Å²) in [7, 11) is 3.08. The van der Waals surface area contributed by atoms with Crippen LogP contribution in [0, 0.1) is 11.8 Å². The maximum Gasteiger partial charge on any atom is 0.246 e. The first-order valence-corrected chi connectivity index (χ1v) is 21.6. The van der Waals surface area contributed by atoms with Gasteiger partial charge in [0.15, 0.2) is 5.79 Å². The lowest BCUT2D eigenvalue weighted by molar-refractivity contribution is -0.292. The van der Waals surface area contributed by atoms with Gasteiger partial charge >= 0.3 is 0 Å². The Balaban J connectivity index is 0.966. The second kappa shape index (κ2) is 16.6. The molecule has 12 bridgehead atoms. The zero-order valence-electron chi connectivity index (χ0n) is 33.8. The second-order valence-corrected chi connectivity index (χ2v) is 18.4. The summed E-state index contributed by atoms with van der Waals surface area (Å²) in [5.74, 6) is -1.11. The monoisotopic (exact) mass is 801 g/mol. The van der Waals surface area contributed by atoms with E-state index in [1.54, 1.807) is 7.11 Å². The predicted molar refractivity (Wildman–Crippen MR) is 202 cm³/mol. The molecule has 10 saturated heterocycles. The van der Waals surface area contributed by atoms with Crippen molar-refractivity contribution in [2.75, 3.05) is 27.4 Å². The van der Waals surface area contributed by atoms with Crippen molar-refractivity contribution in [2.24, 2.45) is 11.8 Å². The Labute approximate surface area is 335 Å². The van der Waals surface area contributed by atoms with Gasteiger partial charge in [0.05, 0.1) is 67.1 Å². The number of nitrogens with one attached hydrogen (secondary N) is 1. The summed E-state index contributed by atoms with van der Waals surface area (Å²) < 4.78 is 65.1. The van der Waals surface area contributed by atoms with Crippen LogP contribution in [0.3, 0.4) is 0 Å². The van der Waals surface area contributed by atoms with Crippen LogP contribution in [0.2, 0.25) is 0 Å². The smallest absolute Gasteiger partial charge is 0.246 e. The molecule has 10 fully saturated rings. The minimum absolute atomic E-state index is 0.00670. The minimum Gasteiger partial charge on any atom is -0.391 e. The van der Waals surface area contributed by atoms with E-state index in [9.17, 15) is 14.7 Å². The average molecular weight is 802 g/mol. The maximum absolute atomic E-state index is 14.2. The van der Waals surface area contributed by atoms with Gasteiger partial charge in [0.2, 0.25) is 5.91 Å². The van der Waals surface area contributed by atoms with E-state index in [1.807, 2.05) is 0 Å². The van der Waals surface area contributed by atoms with Crippen molar-refractivity contribution < 1.29 is 62.1 Å². The number of ketones is 1. The van der Waals surface area contributed by atoms with Crippen molar-refractivity contribution in [3.05, 3.63) is 24.3 Å². The van der Waals surface area contributed by atoms with Crippen LogP contribution in [0.4, 0.5) is 0 Å². The first-order chi connectivity index (χ1) is 27.5. The Kier molecular flexibility index (Phi) is 11.8. The van der Waals surface area contributed by atoms with Crippen molar-refractivity contribution in [1.82, 2.24) is 5.32 Å². The summed E-state index contributed by atoms with van der Waals surface area (Å²) in [6, 6.07) is 0. The molecule has 14 heteroatoms. The van der Waals surface area contributed by atoms with Gasteiger partial charge in [0.25, 0.3) is 0 Å². The molecular weight excluding hydrogens is 738 g/mol. The molecule has 0 radical (unpaired) electrons. The largest absolute Gasteiger partial charge is 0.391 e. The zero-order chi connectivity index (χ0) is 39.6. The summed E-state index contributed by atoms with van der Waals surface area (Å²) in [6.45, 7) is 11.1. The van der Waals surface area contributed by atoms with Crippen LogP contribution in [-0.4, -0.2) is 148 Å². The number of carbonyl (C=O) groups excluding carboxylic acids is 2. The molecule has 2 N–H and O–H groups in total. The van der Waals surface area contributed by atoms with Gasteiger partial charge in [-0.3, -0.25) is 9.59 Å². The highest BCUT2D eigenvalue weighted by Crippen LogP contribution is 2.54. The number of ether oxygens (including phenoxy) is 10. The molecule has 14 nitrogen and oxygen atoms in total. The van der Waals surface area contributed by atoms with Crippen LogP contribution in [0.5, 0.6) is 0 Å². The number of amides is 1. The standard InChI is InChI=1S/C43H63NO13/c1-21-12-26-6-8-30-22(2)13-28(50-30)10-11-43-18-35-39(56-43)40-41(55-35)42(57-43)38-31(54-40)9-7-27(52-38)14-24(45)15-29-33(17-32(51-26)23(21)3)53-34(37(29)49-5)16-25(46)19-44-36(47)20-48-4/h21,25-35,37-42,46H,2-3,6-20H2,1,4-5H3,(H,44,47)/t21-,25+,26+,27-,28+,29+,30+,31+,32-,33+,34-,35-,37-,38+,39+,40?,41?,42+,43+/m1/s1. The van der Waals surface area contributed by atoms with Gasteiger partial charge in [-0.15, -0.1) is 0 Å². The fraction of sp³-hybridized carbons (Fsp3) is 0.860. The van der Waals surface area contributed by atoms with Gasteiger partial charge in [-0.05, 0) is 62.0 Å². The number of hydrogen-bond acceptors (Lipinski definition) is 13. The molecule has 19 atom stereocenters. The molecule has 57 heavy (non-hydrogen) atoms. The fourth-order valence-corrected chi connectivity index (χ4v) is 11.7. The van der Waals surface area contributed by atoms with Crippen LogP contribution in [0.1, 0.15) is 90.4 Å². The molecule has 0 aromatic carbocycles. The number of methoxy groups -OCH3 is 2. The molecule has 0 aromatic rings. The van der Waals surface area contributed by atoms with Gasteiger partial charge in [-0.25, -0.2) is 0 Å². The Bertz CT molecular complexity index is 1530. The second-order valence-electron chi connectivity index (χ2n) is 18.4. The Morgan fingerprint density at radius 1 is 0.825 bits per heavy atom. The predicted octanol–water partition coefficient (Wildman–Crippen LogP) is 3.24. The van der Waals surface area contributed by atoms with Crippen molar-refractivity contribution in [2.45, 2.75) is 194 Å². The first-order valence-electron chi connectivity index (χ1n) is 21.6. The summed E-state index contributed by atoms with van der Waals surface area (Å²) in [5.41, 5.74) is 2.15. The molecule has 10 rings (SSSR count). The molecule has 0 aromatic heterocycles. The summed E-state index contributed by atoms with van der Waals surface area (Å²) >= 11 is 0. The molecule has 10 aliphatic heterocycles. The Morgan fingerprint density at radius 2 is 1.58 bits per heavy atom. The average Bonchev–Trinajstić information content (AvgIpc) is 3.85. The van der Waals surface area contributed by atoms with Gasteiger partial charge in [0.1, 0.15) is 42.9 Å². The van der Waals surface area contributed by atoms with Crippen LogP contribution in [0.25, 0.3) is 0 Å². The third-order valence-corrected chi connectivity index (χ3v) is 14.5. The highest BCUT2D eigenvalue weighted by molar-refractivity contribution is 5.79. The van der Waals surface area contributed by atoms with E-state index in [0.717, 1.165) is 49.7 Å². The molecule has 2 unspecified atom stereocenters. The van der Waals surface area contributed by atoms with Gasteiger partial charge < -0.3 is 57.8 Å². The van der Waals surface area contributed by atoms with E-state index in [-0.39, 0.29) is 129 Å². The molecule has 1 spiro atoms. The lowest BCUT2D eigenvalue weighted by Crippen LogP contribution is -2.61. The third kappa shape index (κ3) is 8.07. The van der Waals surface area contributed by atoms with Crippen molar-refractivity contribution in [3.8, 4) is 0 Å². The number of aliphatic hydroxyl groups excluding tert-OH is 1. The van der Waals surface area contributed by atoms with E-state index in [1.165, 1.54) is 7.11 Å². The SMILES string of the molecule is C=C1C[C@@H]2CC[C@@]34C[C@H]5OC6C(O[C@H]7CC[C@H](CC(=O)C[C@@H]8[C@@H](OC)[C@@H](C[C@H](O)CNC(=O)COC)O[C@H]8C[C@H]8O[C@@H](CC[C@@H]1O2)C[C@@H](C)C8=C)O[C@@H]7[C@@H]6O3)[C@H]5O4. The molecule has 10 aliphatic rings. The molecule has 1 amide bonds. The summed E-state index contributed by atoms with van der Waals surface area (Å²) in [5, 5.41) is 13.7. The van der Waals surface area contributed by atoms with Crippen LogP contribution >= 0.6 is 0 Å². The highest BCUT2D eigenvalue weighted by atomic mass is 16.8. The normalized spacial score (nSPS) is 48.7. The third-order valence-electron chi connectivity index (χ3n) is 14.5. The van der Waals surface area contributed by atoms with Crippen LogP contribution in [0.15, 0.2) is 24.3 Å². The zero-order valence-corrected chi connectivity index (χ0v) is 33.8. The number of aliphatic hydroxyl groups is 1. The Hall–Kier alpha value is -1.82. The van der Waals surface area contributed by atoms with Crippen LogP contribution < -0.4 is 5.32 Å². The van der Waals surface area contributed by atoms with Gasteiger partial charge in [-0.1, -0.05) is 20.1 Å². The molecule has 10 heterocycles. The maximum atomic E-state index is 14.2. The number of Topliss-reactive ketones (excluding diaryl/α,β-unsaturated/α-hetero) is 1. The van der Waals surface area contributed by atoms with E-state index >= 15 is 0 Å². The van der Waals surface area contributed by atoms with Crippen molar-refractivity contribution in [3.63, 3.8) is 0 Å². The highest BCUT2D eigenvalue weighted by Gasteiger charge is 2.68. The van der Waals surface area contributed by atoms with Gasteiger partial charge in [0, 0.05) is 65.2 Å². The van der Waals surface area contributed by atoms with E-state index in [0.29, 0.717) is 25.7 Å². The number of carbonyl (C=O) groups is 2. The fourth-order valence-electron chi connectivity index (χ4n) is 11.7. The molecular formula is C43H63NO13. The number of rotatable bonds is 7. The van der Waals surface area contributed by atoms with Crippen LogP contribution in [-0.2, 0) is 57.0 Å². The molecule has 0 aliphatic carbocycles. The summed E-state index contributed by atoms with van der Waals surface area (Å²) in [4.78, 5) is 26.3. The lowest BCUT2D eigenvalue weighted by atomic mass is 9.81. The summed E-state index contributed by atoms with van der Waals surface area (Å²) in [6.07, 6.45) is 3.61. The van der Waals surface area contributed by atoms with Crippen molar-refractivity contribution in [1.29, 1.82) is 0 Å². The van der Waals surface area contributed by atoms with E-state index in [2.05, 4.69) is 25.4 Å². The van der Waals surface area contributed by atoms with E-state index in [4.69, 9.17) is 47.4 Å². The lowest BCUT2D eigenvalue weighted by Gasteiger charge is -2.47. The van der Waals surface area contributed by atoms with E-state index < -0.39 is 30.2 Å². The molecule has 318 valence electrons. The number of fused-ring (bicyclic) bond motifs is 6.